The lowest BCUT2D eigenvalue weighted by molar-refractivity contribution is 0.153. The van der Waals surface area contributed by atoms with E-state index in [4.69, 9.17) is 9.97 Å². The standard InChI is InChI=1S/C29H27N5.BrH/c1-2-11-26-25(10-1)32-28(33-26)20-34(27-12-5-7-23-8-6-18-31-29(23)27)19-21-13-15-22(16-14-21)24-9-3-4-17-30-24;/h1-4,6,8-11,13-18,27H,5,7,12,19-20H2,(H,32,33);1H. The number of rotatable bonds is 6. The quantitative estimate of drug-likeness (QED) is 0.268. The average Bonchev–Trinajstić information content (AvgIpc) is 3.31. The smallest absolute Gasteiger partial charge is 0.121 e. The number of H-pyrrole nitrogens is 1. The van der Waals surface area contributed by atoms with Gasteiger partial charge >= 0.3 is 0 Å². The Morgan fingerprint density at radius 2 is 1.66 bits per heavy atom. The van der Waals surface area contributed by atoms with Gasteiger partial charge in [0.1, 0.15) is 5.82 Å². The maximum Gasteiger partial charge on any atom is 0.121 e. The number of fused-ring (bicyclic) bond motifs is 2. The van der Waals surface area contributed by atoms with Crippen molar-refractivity contribution in [2.75, 3.05) is 0 Å². The van der Waals surface area contributed by atoms with Gasteiger partial charge in [0.25, 0.3) is 0 Å². The summed E-state index contributed by atoms with van der Waals surface area (Å²) in [5, 5.41) is 0. The molecule has 3 heterocycles. The van der Waals surface area contributed by atoms with E-state index >= 15 is 0 Å². The third-order valence-corrected chi connectivity index (χ3v) is 6.70. The van der Waals surface area contributed by atoms with Crippen molar-refractivity contribution >= 4 is 28.0 Å². The largest absolute Gasteiger partial charge is 0.341 e. The van der Waals surface area contributed by atoms with Crippen LogP contribution in [0.15, 0.2) is 91.3 Å². The van der Waals surface area contributed by atoms with Crippen LogP contribution in [-0.4, -0.2) is 24.8 Å². The molecule has 0 radical (unpaired) electrons. The Bertz CT molecular complexity index is 1360. The molecule has 176 valence electrons. The summed E-state index contributed by atoms with van der Waals surface area (Å²) >= 11 is 0. The summed E-state index contributed by atoms with van der Waals surface area (Å²) in [4.78, 5) is 20.2. The van der Waals surface area contributed by atoms with E-state index in [1.54, 1.807) is 0 Å². The first-order valence-corrected chi connectivity index (χ1v) is 12.0. The predicted molar refractivity (Wildman–Crippen MR) is 145 cm³/mol. The lowest BCUT2D eigenvalue weighted by Crippen LogP contribution is -2.31. The van der Waals surface area contributed by atoms with Gasteiger partial charge in [0.2, 0.25) is 0 Å². The molecule has 1 aliphatic carbocycles. The Kier molecular flexibility index (Phi) is 7.02. The van der Waals surface area contributed by atoms with Gasteiger partial charge in [0.05, 0.1) is 35.0 Å². The van der Waals surface area contributed by atoms with E-state index in [-0.39, 0.29) is 23.0 Å². The van der Waals surface area contributed by atoms with Crippen molar-refractivity contribution in [1.82, 2.24) is 24.8 Å². The minimum Gasteiger partial charge on any atom is -0.341 e. The van der Waals surface area contributed by atoms with Crippen molar-refractivity contribution in [3.63, 3.8) is 0 Å². The van der Waals surface area contributed by atoms with Crippen LogP contribution in [0.2, 0.25) is 0 Å². The molecule has 6 rings (SSSR count). The fourth-order valence-corrected chi connectivity index (χ4v) is 5.04. The number of aromatic amines is 1. The van der Waals surface area contributed by atoms with Gasteiger partial charge in [0, 0.05) is 24.5 Å². The molecule has 5 nitrogen and oxygen atoms in total. The molecular formula is C29H28BrN5. The Balaban J connectivity index is 0.00000253. The number of hydrogen-bond acceptors (Lipinski definition) is 4. The van der Waals surface area contributed by atoms with Gasteiger partial charge < -0.3 is 4.98 Å². The van der Waals surface area contributed by atoms with Gasteiger partial charge in [-0.15, -0.1) is 17.0 Å². The van der Waals surface area contributed by atoms with Gasteiger partial charge in [-0.25, -0.2) is 4.98 Å². The summed E-state index contributed by atoms with van der Waals surface area (Å²) in [6, 6.07) is 27.6. The van der Waals surface area contributed by atoms with Gasteiger partial charge in [-0.05, 0) is 60.7 Å². The van der Waals surface area contributed by atoms with E-state index < -0.39 is 0 Å². The summed E-state index contributed by atoms with van der Waals surface area (Å²) in [5.74, 6) is 0.995. The monoisotopic (exact) mass is 525 g/mol. The molecule has 0 amide bonds. The van der Waals surface area contributed by atoms with E-state index in [1.165, 1.54) is 23.2 Å². The number of aromatic nitrogens is 4. The van der Waals surface area contributed by atoms with E-state index in [0.717, 1.165) is 54.0 Å². The van der Waals surface area contributed by atoms with E-state index in [2.05, 4.69) is 63.4 Å². The molecule has 3 aromatic heterocycles. The highest BCUT2D eigenvalue weighted by Gasteiger charge is 2.28. The van der Waals surface area contributed by atoms with Crippen LogP contribution in [0.3, 0.4) is 0 Å². The Hall–Kier alpha value is -3.35. The Labute approximate surface area is 216 Å². The fraction of sp³-hybridized carbons (Fsp3) is 0.207. The first-order chi connectivity index (χ1) is 16.8. The molecule has 1 atom stereocenters. The summed E-state index contributed by atoms with van der Waals surface area (Å²) in [6.07, 6.45) is 7.16. The summed E-state index contributed by atoms with van der Waals surface area (Å²) in [7, 11) is 0. The third kappa shape index (κ3) is 5.04. The molecule has 35 heavy (non-hydrogen) atoms. The number of nitrogens with zero attached hydrogens (tertiary/aromatic N) is 4. The first kappa shape index (κ1) is 23.4. The molecule has 5 aromatic rings. The van der Waals surface area contributed by atoms with Crippen LogP contribution >= 0.6 is 17.0 Å². The molecule has 0 fully saturated rings. The second kappa shape index (κ2) is 10.5. The maximum atomic E-state index is 4.87. The maximum absolute atomic E-state index is 4.87. The van der Waals surface area contributed by atoms with Gasteiger partial charge in [-0.3, -0.25) is 14.9 Å². The number of para-hydroxylation sites is 2. The number of nitrogens with one attached hydrogen (secondary N) is 1. The predicted octanol–water partition coefficient (Wildman–Crippen LogP) is 6.68. The summed E-state index contributed by atoms with van der Waals surface area (Å²) in [6.45, 7) is 1.58. The topological polar surface area (TPSA) is 57.7 Å². The Morgan fingerprint density at radius 3 is 2.49 bits per heavy atom. The second-order valence-corrected chi connectivity index (χ2v) is 8.97. The molecule has 6 heteroatoms. The minimum atomic E-state index is 0. The number of halogens is 1. The van der Waals surface area contributed by atoms with Gasteiger partial charge in [0.15, 0.2) is 0 Å². The van der Waals surface area contributed by atoms with Gasteiger partial charge in [-0.1, -0.05) is 48.5 Å². The molecule has 0 saturated carbocycles. The third-order valence-electron chi connectivity index (χ3n) is 6.70. The summed E-state index contributed by atoms with van der Waals surface area (Å²) in [5.41, 5.74) is 8.10. The zero-order chi connectivity index (χ0) is 22.7. The number of aryl methyl sites for hydroxylation is 1. The number of imidazole rings is 1. The molecule has 1 N–H and O–H groups in total. The van der Waals surface area contributed by atoms with Crippen molar-refractivity contribution < 1.29 is 0 Å². The molecule has 0 bridgehead atoms. The van der Waals surface area contributed by atoms with Crippen molar-refractivity contribution in [1.29, 1.82) is 0 Å². The molecular weight excluding hydrogens is 498 g/mol. The van der Waals surface area contributed by atoms with Crippen LogP contribution in [0, 0.1) is 0 Å². The fourth-order valence-electron chi connectivity index (χ4n) is 5.04. The molecule has 2 aromatic carbocycles. The number of hydrogen-bond donors (Lipinski definition) is 1. The van der Waals surface area contributed by atoms with Crippen molar-refractivity contribution in [3.05, 3.63) is 114 Å². The first-order valence-electron chi connectivity index (χ1n) is 12.0. The highest BCUT2D eigenvalue weighted by molar-refractivity contribution is 8.93. The zero-order valence-corrected chi connectivity index (χ0v) is 21.2. The van der Waals surface area contributed by atoms with Crippen molar-refractivity contribution in [3.8, 4) is 11.3 Å². The van der Waals surface area contributed by atoms with Crippen molar-refractivity contribution in [2.24, 2.45) is 0 Å². The van der Waals surface area contributed by atoms with E-state index in [0.29, 0.717) is 0 Å². The molecule has 0 spiro atoms. The summed E-state index contributed by atoms with van der Waals surface area (Å²) < 4.78 is 0. The van der Waals surface area contributed by atoms with E-state index in [1.807, 2.05) is 42.7 Å². The SMILES string of the molecule is Br.c1ccc(-c2ccc(CN(Cc3nc4ccccc4[nH]3)C3CCCc4cccnc43)cc2)nc1. The van der Waals surface area contributed by atoms with Crippen LogP contribution in [-0.2, 0) is 19.5 Å². The zero-order valence-electron chi connectivity index (χ0n) is 19.5. The average molecular weight is 526 g/mol. The minimum absolute atomic E-state index is 0. The lowest BCUT2D eigenvalue weighted by atomic mass is 9.90. The highest BCUT2D eigenvalue weighted by atomic mass is 79.9. The molecule has 0 aliphatic heterocycles. The van der Waals surface area contributed by atoms with Crippen molar-refractivity contribution in [2.45, 2.75) is 38.4 Å². The Morgan fingerprint density at radius 1 is 0.829 bits per heavy atom. The van der Waals surface area contributed by atoms with Crippen LogP contribution in [0.4, 0.5) is 0 Å². The molecule has 0 saturated heterocycles. The van der Waals surface area contributed by atoms with Gasteiger partial charge in [-0.2, -0.15) is 0 Å². The van der Waals surface area contributed by atoms with E-state index in [9.17, 15) is 0 Å². The van der Waals surface area contributed by atoms with Crippen LogP contribution < -0.4 is 0 Å². The van der Waals surface area contributed by atoms with Crippen LogP contribution in [0.1, 0.15) is 41.5 Å². The highest BCUT2D eigenvalue weighted by Crippen LogP contribution is 2.35. The second-order valence-electron chi connectivity index (χ2n) is 8.97. The normalized spacial score (nSPS) is 15.1. The number of benzene rings is 2. The number of pyridine rings is 2. The van der Waals surface area contributed by atoms with Crippen LogP contribution in [0.5, 0.6) is 0 Å². The molecule has 1 aliphatic rings. The van der Waals surface area contributed by atoms with Crippen LogP contribution in [0.25, 0.3) is 22.3 Å². The molecule has 1 unspecified atom stereocenters. The lowest BCUT2D eigenvalue weighted by Gasteiger charge is -2.34.